The molecule has 0 amide bonds. The van der Waals surface area contributed by atoms with Gasteiger partial charge in [0.1, 0.15) is 0 Å². The molecule has 0 spiro atoms. The van der Waals surface area contributed by atoms with Gasteiger partial charge in [0.25, 0.3) is 0 Å². The van der Waals surface area contributed by atoms with E-state index in [1.807, 2.05) is 11.8 Å². The summed E-state index contributed by atoms with van der Waals surface area (Å²) in [6.45, 7) is 0. The summed E-state index contributed by atoms with van der Waals surface area (Å²) < 4.78 is 5.06. The molecule has 1 fully saturated rings. The van der Waals surface area contributed by atoms with E-state index in [2.05, 4.69) is 16.2 Å². The second-order valence-electron chi connectivity index (χ2n) is 3.98. The van der Waals surface area contributed by atoms with Crippen LogP contribution in [0.4, 0.5) is 0 Å². The summed E-state index contributed by atoms with van der Waals surface area (Å²) in [7, 11) is 0. The van der Waals surface area contributed by atoms with Crippen LogP contribution >= 0.6 is 11.8 Å². The van der Waals surface area contributed by atoms with Gasteiger partial charge >= 0.3 is 0 Å². The zero-order chi connectivity index (χ0) is 11.2. The minimum atomic E-state index is 0.442. The molecule has 1 aliphatic carbocycles. The number of thioether (sulfide) groups is 1. The minimum Gasteiger partial charge on any atom is -0.339 e. The molecule has 1 aromatic rings. The molecule has 0 saturated heterocycles. The Balaban J connectivity index is 1.76. The number of nitrogens with zero attached hydrogens (tertiary/aromatic N) is 3. The predicted octanol–water partition coefficient (Wildman–Crippen LogP) is 2.70. The zero-order valence-electron chi connectivity index (χ0n) is 9.19. The summed E-state index contributed by atoms with van der Waals surface area (Å²) in [5.41, 5.74) is 0. The van der Waals surface area contributed by atoms with Crippen molar-refractivity contribution in [2.45, 2.75) is 49.5 Å². The smallest absolute Gasteiger partial charge is 0.227 e. The fraction of sp³-hybridized carbons (Fsp3) is 0.727. The Morgan fingerprint density at radius 3 is 3.00 bits per heavy atom. The Bertz CT molecular complexity index is 366. The van der Waals surface area contributed by atoms with Gasteiger partial charge in [-0.15, -0.1) is 0 Å². The highest BCUT2D eigenvalue weighted by atomic mass is 32.2. The maximum atomic E-state index is 8.44. The first-order valence-corrected chi connectivity index (χ1v) is 6.73. The second-order valence-corrected chi connectivity index (χ2v) is 5.27. The van der Waals surface area contributed by atoms with Crippen LogP contribution in [0, 0.1) is 11.3 Å². The van der Waals surface area contributed by atoms with E-state index in [1.54, 1.807) is 0 Å². The highest BCUT2D eigenvalue weighted by Gasteiger charge is 2.16. The van der Waals surface area contributed by atoms with Crippen LogP contribution in [0.3, 0.4) is 0 Å². The molecule has 1 saturated carbocycles. The van der Waals surface area contributed by atoms with Crippen molar-refractivity contribution in [1.29, 1.82) is 5.26 Å². The minimum absolute atomic E-state index is 0.442. The topological polar surface area (TPSA) is 62.7 Å². The van der Waals surface area contributed by atoms with Crippen molar-refractivity contribution >= 4 is 11.8 Å². The van der Waals surface area contributed by atoms with E-state index in [0.29, 0.717) is 18.7 Å². The fourth-order valence-corrected chi connectivity index (χ4v) is 3.03. The van der Waals surface area contributed by atoms with Gasteiger partial charge in [-0.2, -0.15) is 22.0 Å². The molecule has 0 atom stereocenters. The molecular weight excluding hydrogens is 222 g/mol. The first-order chi connectivity index (χ1) is 7.88. The van der Waals surface area contributed by atoms with E-state index in [1.165, 1.54) is 25.7 Å². The average Bonchev–Trinajstić information content (AvgIpc) is 2.95. The van der Waals surface area contributed by atoms with Crippen molar-refractivity contribution in [1.82, 2.24) is 10.1 Å². The molecule has 0 bridgehead atoms. The molecule has 0 aromatic carbocycles. The van der Waals surface area contributed by atoms with Gasteiger partial charge in [0.05, 0.1) is 11.8 Å². The molecule has 0 radical (unpaired) electrons. The van der Waals surface area contributed by atoms with Crippen molar-refractivity contribution < 1.29 is 4.52 Å². The first-order valence-electron chi connectivity index (χ1n) is 5.68. The summed E-state index contributed by atoms with van der Waals surface area (Å²) in [5, 5.41) is 13.1. The van der Waals surface area contributed by atoms with E-state index >= 15 is 0 Å². The highest BCUT2D eigenvalue weighted by molar-refractivity contribution is 7.99. The molecule has 0 aliphatic heterocycles. The van der Waals surface area contributed by atoms with Crippen LogP contribution in [0.15, 0.2) is 4.52 Å². The van der Waals surface area contributed by atoms with Gasteiger partial charge in [-0.25, -0.2) is 0 Å². The number of hydrogen-bond donors (Lipinski definition) is 0. The quantitative estimate of drug-likeness (QED) is 0.787. The second kappa shape index (κ2) is 5.90. The van der Waals surface area contributed by atoms with Gasteiger partial charge in [-0.1, -0.05) is 18.0 Å². The maximum Gasteiger partial charge on any atom is 0.227 e. The molecule has 5 heteroatoms. The van der Waals surface area contributed by atoms with Crippen molar-refractivity contribution in [3.05, 3.63) is 11.7 Å². The van der Waals surface area contributed by atoms with Crippen LogP contribution < -0.4 is 0 Å². The van der Waals surface area contributed by atoms with Crippen molar-refractivity contribution in [2.24, 2.45) is 0 Å². The predicted molar refractivity (Wildman–Crippen MR) is 61.8 cm³/mol. The fourth-order valence-electron chi connectivity index (χ4n) is 1.86. The highest BCUT2D eigenvalue weighted by Crippen LogP contribution is 2.30. The van der Waals surface area contributed by atoms with Gasteiger partial charge in [-0.3, -0.25) is 0 Å². The summed E-state index contributed by atoms with van der Waals surface area (Å²) in [5.74, 6) is 2.19. The van der Waals surface area contributed by atoms with Crippen molar-refractivity contribution in [2.75, 3.05) is 0 Å². The molecular formula is C11H15N3OS. The van der Waals surface area contributed by atoms with Gasteiger partial charge in [0.2, 0.25) is 5.89 Å². The third kappa shape index (κ3) is 3.24. The third-order valence-corrected chi connectivity index (χ3v) is 4.08. The summed E-state index contributed by atoms with van der Waals surface area (Å²) in [4.78, 5) is 4.26. The number of rotatable bonds is 5. The van der Waals surface area contributed by atoms with Crippen LogP contribution in [-0.2, 0) is 12.2 Å². The molecule has 1 aromatic heterocycles. The molecule has 1 heterocycles. The molecule has 4 nitrogen and oxygen atoms in total. The normalized spacial score (nSPS) is 16.4. The lowest BCUT2D eigenvalue weighted by Crippen LogP contribution is -1.96. The zero-order valence-corrected chi connectivity index (χ0v) is 10.0. The molecule has 2 rings (SSSR count). The van der Waals surface area contributed by atoms with Gasteiger partial charge in [-0.05, 0) is 12.8 Å². The number of hydrogen-bond acceptors (Lipinski definition) is 5. The van der Waals surface area contributed by atoms with E-state index < -0.39 is 0 Å². The lowest BCUT2D eigenvalue weighted by molar-refractivity contribution is 0.375. The molecule has 1 aliphatic rings. The summed E-state index contributed by atoms with van der Waals surface area (Å²) in [6, 6.07) is 2.07. The van der Waals surface area contributed by atoms with Crippen LogP contribution in [0.1, 0.15) is 43.8 Å². The van der Waals surface area contributed by atoms with Gasteiger partial charge in [0.15, 0.2) is 5.82 Å². The summed E-state index contributed by atoms with van der Waals surface area (Å²) >= 11 is 1.92. The molecule has 0 unspecified atom stereocenters. The van der Waals surface area contributed by atoms with E-state index in [0.717, 1.165) is 16.8 Å². The van der Waals surface area contributed by atoms with E-state index in [9.17, 15) is 0 Å². The number of nitriles is 1. The molecule has 16 heavy (non-hydrogen) atoms. The summed E-state index contributed by atoms with van der Waals surface area (Å²) in [6.07, 6.45) is 6.37. The SMILES string of the molecule is N#CCCc1nc(CSC2CCCC2)no1. The van der Waals surface area contributed by atoms with E-state index in [-0.39, 0.29) is 0 Å². The molecule has 0 N–H and O–H groups in total. The Hall–Kier alpha value is -1.02. The average molecular weight is 237 g/mol. The van der Waals surface area contributed by atoms with Crippen LogP contribution in [0.25, 0.3) is 0 Å². The Labute approximate surface area is 99.4 Å². The lowest BCUT2D eigenvalue weighted by Gasteiger charge is -2.04. The lowest BCUT2D eigenvalue weighted by atomic mass is 10.3. The van der Waals surface area contributed by atoms with Crippen LogP contribution in [0.5, 0.6) is 0 Å². The van der Waals surface area contributed by atoms with Crippen molar-refractivity contribution in [3.8, 4) is 6.07 Å². The molecule has 86 valence electrons. The monoisotopic (exact) mass is 237 g/mol. The van der Waals surface area contributed by atoms with Gasteiger partial charge in [0, 0.05) is 18.1 Å². The maximum absolute atomic E-state index is 8.44. The Morgan fingerprint density at radius 1 is 1.44 bits per heavy atom. The first kappa shape index (κ1) is 11.5. The Morgan fingerprint density at radius 2 is 2.25 bits per heavy atom. The Kier molecular flexibility index (Phi) is 4.23. The van der Waals surface area contributed by atoms with E-state index in [4.69, 9.17) is 9.78 Å². The standard InChI is InChI=1S/C11H15N3OS/c12-7-3-6-11-13-10(14-15-11)8-16-9-4-1-2-5-9/h9H,1-6,8H2. The third-order valence-electron chi connectivity index (χ3n) is 2.71. The van der Waals surface area contributed by atoms with Gasteiger partial charge < -0.3 is 4.52 Å². The number of aryl methyl sites for hydroxylation is 1. The van der Waals surface area contributed by atoms with Crippen LogP contribution in [0.2, 0.25) is 0 Å². The van der Waals surface area contributed by atoms with Crippen LogP contribution in [-0.4, -0.2) is 15.4 Å². The number of aromatic nitrogens is 2. The van der Waals surface area contributed by atoms with Crippen molar-refractivity contribution in [3.63, 3.8) is 0 Å². The largest absolute Gasteiger partial charge is 0.339 e.